The Hall–Kier alpha value is -1.87. The van der Waals surface area contributed by atoms with Gasteiger partial charge >= 0.3 is 0 Å². The molecule has 0 amide bonds. The van der Waals surface area contributed by atoms with E-state index in [0.29, 0.717) is 23.2 Å². The molecule has 2 aromatic heterocycles. The van der Waals surface area contributed by atoms with Gasteiger partial charge in [-0.2, -0.15) is 14.8 Å². The Labute approximate surface area is 95.9 Å². The lowest BCUT2D eigenvalue weighted by atomic mass is 10.5. The van der Waals surface area contributed by atoms with Gasteiger partial charge in [0.25, 0.3) is 0 Å². The number of fused-ring (bicyclic) bond motifs is 1. The highest BCUT2D eigenvalue weighted by Crippen LogP contribution is 2.26. The van der Waals surface area contributed by atoms with Gasteiger partial charge < -0.3 is 5.32 Å². The first-order valence-corrected chi connectivity index (χ1v) is 5.23. The fraction of sp³-hybridized carbons (Fsp3) is 0.333. The van der Waals surface area contributed by atoms with Crippen molar-refractivity contribution in [1.82, 2.24) is 19.6 Å². The minimum Gasteiger partial charge on any atom is -0.364 e. The van der Waals surface area contributed by atoms with E-state index >= 15 is 0 Å². The van der Waals surface area contributed by atoms with Crippen LogP contribution in [0.25, 0.3) is 5.65 Å². The Kier molecular flexibility index (Phi) is 1.94. The third-order valence-corrected chi connectivity index (χ3v) is 2.53. The normalized spacial score (nSPS) is 15.0. The summed E-state index contributed by atoms with van der Waals surface area (Å²) in [6.45, 7) is 0. The van der Waals surface area contributed by atoms with Crippen molar-refractivity contribution in [2.24, 2.45) is 0 Å². The van der Waals surface area contributed by atoms with Crippen LogP contribution in [0.2, 0.25) is 5.28 Å². The number of anilines is 1. The standard InChI is InChI=1S/C9H7ClN6/c10-9-14-7(13-5-1-2-5)8-12-4-6(3-11)16(8)15-9/h4-5H,1-2H2,(H,13,14,15). The molecule has 7 heteroatoms. The molecule has 1 aliphatic rings. The number of aromatic nitrogens is 4. The van der Waals surface area contributed by atoms with Crippen molar-refractivity contribution < 1.29 is 0 Å². The monoisotopic (exact) mass is 234 g/mol. The van der Waals surface area contributed by atoms with E-state index in [2.05, 4.69) is 20.4 Å². The van der Waals surface area contributed by atoms with Gasteiger partial charge in [-0.25, -0.2) is 4.98 Å². The molecule has 0 aromatic carbocycles. The number of imidazole rings is 1. The lowest BCUT2D eigenvalue weighted by molar-refractivity contribution is 0.883. The van der Waals surface area contributed by atoms with E-state index in [1.807, 2.05) is 6.07 Å². The second kappa shape index (κ2) is 3.32. The number of nitriles is 1. The Morgan fingerprint density at radius 2 is 2.38 bits per heavy atom. The van der Waals surface area contributed by atoms with E-state index < -0.39 is 0 Å². The molecule has 1 fully saturated rings. The van der Waals surface area contributed by atoms with Gasteiger partial charge in [-0.15, -0.1) is 5.10 Å². The zero-order valence-electron chi connectivity index (χ0n) is 8.18. The second-order valence-corrected chi connectivity index (χ2v) is 3.98. The minimum atomic E-state index is 0.102. The molecule has 0 atom stereocenters. The van der Waals surface area contributed by atoms with Crippen molar-refractivity contribution in [2.75, 3.05) is 5.32 Å². The van der Waals surface area contributed by atoms with Crippen LogP contribution in [0.3, 0.4) is 0 Å². The highest BCUT2D eigenvalue weighted by Gasteiger charge is 2.23. The smallest absolute Gasteiger partial charge is 0.243 e. The van der Waals surface area contributed by atoms with E-state index in [9.17, 15) is 0 Å². The molecular weight excluding hydrogens is 228 g/mol. The molecule has 2 heterocycles. The molecule has 80 valence electrons. The van der Waals surface area contributed by atoms with Gasteiger partial charge in [-0.05, 0) is 24.4 Å². The molecule has 3 rings (SSSR count). The summed E-state index contributed by atoms with van der Waals surface area (Å²) < 4.78 is 1.40. The molecule has 0 radical (unpaired) electrons. The molecule has 0 spiro atoms. The predicted molar refractivity (Wildman–Crippen MR) is 57.2 cm³/mol. The summed E-state index contributed by atoms with van der Waals surface area (Å²) >= 11 is 5.79. The van der Waals surface area contributed by atoms with Crippen molar-refractivity contribution in [1.29, 1.82) is 5.26 Å². The lowest BCUT2D eigenvalue weighted by Crippen LogP contribution is -2.08. The van der Waals surface area contributed by atoms with Crippen LogP contribution in [0.1, 0.15) is 18.5 Å². The fourth-order valence-corrected chi connectivity index (χ4v) is 1.61. The number of halogens is 1. The summed E-state index contributed by atoms with van der Waals surface area (Å²) in [6.07, 6.45) is 3.71. The van der Waals surface area contributed by atoms with Crippen LogP contribution in [0.15, 0.2) is 6.20 Å². The zero-order valence-corrected chi connectivity index (χ0v) is 8.94. The number of nitrogens with zero attached hydrogens (tertiary/aromatic N) is 5. The van der Waals surface area contributed by atoms with Crippen molar-refractivity contribution >= 4 is 23.1 Å². The van der Waals surface area contributed by atoms with Gasteiger partial charge in [0.15, 0.2) is 17.2 Å². The van der Waals surface area contributed by atoms with Gasteiger partial charge in [-0.3, -0.25) is 0 Å². The Bertz CT molecular complexity index is 594. The van der Waals surface area contributed by atoms with Crippen LogP contribution >= 0.6 is 11.6 Å². The van der Waals surface area contributed by atoms with Gasteiger partial charge in [0.1, 0.15) is 6.07 Å². The number of hydrogen-bond acceptors (Lipinski definition) is 5. The van der Waals surface area contributed by atoms with Crippen molar-refractivity contribution in [3.8, 4) is 6.07 Å². The van der Waals surface area contributed by atoms with Crippen LogP contribution in [0.5, 0.6) is 0 Å². The van der Waals surface area contributed by atoms with Crippen molar-refractivity contribution in [3.05, 3.63) is 17.2 Å². The van der Waals surface area contributed by atoms with Crippen LogP contribution in [0.4, 0.5) is 5.82 Å². The van der Waals surface area contributed by atoms with Crippen LogP contribution < -0.4 is 5.32 Å². The third-order valence-electron chi connectivity index (χ3n) is 2.37. The first kappa shape index (κ1) is 9.36. The number of rotatable bonds is 2. The van der Waals surface area contributed by atoms with Crippen molar-refractivity contribution in [2.45, 2.75) is 18.9 Å². The van der Waals surface area contributed by atoms with E-state index in [4.69, 9.17) is 16.9 Å². The quantitative estimate of drug-likeness (QED) is 0.845. The molecular formula is C9H7ClN6. The second-order valence-electron chi connectivity index (χ2n) is 3.64. The molecule has 2 aromatic rings. The first-order valence-electron chi connectivity index (χ1n) is 4.86. The maximum Gasteiger partial charge on any atom is 0.243 e. The Morgan fingerprint density at radius 1 is 1.56 bits per heavy atom. The topological polar surface area (TPSA) is 78.9 Å². The Morgan fingerprint density at radius 3 is 3.06 bits per heavy atom. The zero-order chi connectivity index (χ0) is 11.1. The summed E-state index contributed by atoms with van der Waals surface area (Å²) in [5.41, 5.74) is 0.881. The maximum atomic E-state index is 8.87. The largest absolute Gasteiger partial charge is 0.364 e. The van der Waals surface area contributed by atoms with Crippen molar-refractivity contribution in [3.63, 3.8) is 0 Å². The SMILES string of the molecule is N#Cc1cnc2c(NC3CC3)nc(Cl)nn12. The molecule has 16 heavy (non-hydrogen) atoms. The van der Waals surface area contributed by atoms with Gasteiger partial charge in [0.2, 0.25) is 5.28 Å². The molecule has 1 aliphatic carbocycles. The average Bonchev–Trinajstić information content (AvgIpc) is 2.96. The minimum absolute atomic E-state index is 0.102. The van der Waals surface area contributed by atoms with Gasteiger partial charge in [0.05, 0.1) is 6.20 Å². The van der Waals surface area contributed by atoms with Gasteiger partial charge in [0, 0.05) is 6.04 Å². The molecule has 6 nitrogen and oxygen atoms in total. The Balaban J connectivity index is 2.18. The summed E-state index contributed by atoms with van der Waals surface area (Å²) in [4.78, 5) is 8.19. The molecule has 0 saturated heterocycles. The molecule has 1 saturated carbocycles. The molecule has 0 bridgehead atoms. The number of nitrogens with one attached hydrogen (secondary N) is 1. The molecule has 0 unspecified atom stereocenters. The highest BCUT2D eigenvalue weighted by molar-refractivity contribution is 6.28. The fourth-order valence-electron chi connectivity index (χ4n) is 1.45. The third kappa shape index (κ3) is 1.46. The van der Waals surface area contributed by atoms with E-state index in [0.717, 1.165) is 12.8 Å². The molecule has 1 N–H and O–H groups in total. The first-order chi connectivity index (χ1) is 7.78. The average molecular weight is 235 g/mol. The van der Waals surface area contributed by atoms with E-state index in [-0.39, 0.29) is 5.28 Å². The number of hydrogen-bond donors (Lipinski definition) is 1. The predicted octanol–water partition coefficient (Wildman–Crippen LogP) is 1.22. The maximum absolute atomic E-state index is 8.87. The van der Waals surface area contributed by atoms with Gasteiger partial charge in [-0.1, -0.05) is 0 Å². The summed E-state index contributed by atoms with van der Waals surface area (Å²) in [7, 11) is 0. The van der Waals surface area contributed by atoms with Crippen LogP contribution in [0, 0.1) is 11.3 Å². The summed E-state index contributed by atoms with van der Waals surface area (Å²) in [5.74, 6) is 0.587. The molecule has 0 aliphatic heterocycles. The van der Waals surface area contributed by atoms with E-state index in [1.54, 1.807) is 0 Å². The lowest BCUT2D eigenvalue weighted by Gasteiger charge is -2.04. The van der Waals surface area contributed by atoms with Crippen LogP contribution in [-0.4, -0.2) is 25.6 Å². The highest BCUT2D eigenvalue weighted by atomic mass is 35.5. The van der Waals surface area contributed by atoms with E-state index in [1.165, 1.54) is 10.7 Å². The summed E-state index contributed by atoms with van der Waals surface area (Å²) in [6, 6.07) is 2.44. The van der Waals surface area contributed by atoms with Crippen LogP contribution in [-0.2, 0) is 0 Å². The summed E-state index contributed by atoms with van der Waals surface area (Å²) in [5, 5.41) is 16.1.